The standard InChI is InChI=1S/C8Cl3FN2/c9-5-3(1-13)7(11)8(12)4(2-14)6(5)10. The van der Waals surface area contributed by atoms with Gasteiger partial charge in [0.1, 0.15) is 17.7 Å². The van der Waals surface area contributed by atoms with Crippen LogP contribution in [0.3, 0.4) is 0 Å². The third-order valence-corrected chi connectivity index (χ3v) is 2.69. The summed E-state index contributed by atoms with van der Waals surface area (Å²) in [5.74, 6) is -1.03. The fraction of sp³-hybridized carbons (Fsp3) is 0. The maximum absolute atomic E-state index is 13.2. The monoisotopic (exact) mass is 248 g/mol. The van der Waals surface area contributed by atoms with Crippen molar-refractivity contribution in [3.63, 3.8) is 0 Å². The highest BCUT2D eigenvalue weighted by Gasteiger charge is 2.21. The van der Waals surface area contributed by atoms with E-state index in [9.17, 15) is 4.39 Å². The lowest BCUT2D eigenvalue weighted by atomic mass is 10.1. The highest BCUT2D eigenvalue weighted by Crippen LogP contribution is 2.36. The maximum atomic E-state index is 13.2. The first kappa shape index (κ1) is 11.1. The van der Waals surface area contributed by atoms with Crippen LogP contribution in [-0.4, -0.2) is 0 Å². The van der Waals surface area contributed by atoms with Crippen molar-refractivity contribution in [2.75, 3.05) is 0 Å². The Kier molecular flexibility index (Phi) is 3.18. The Morgan fingerprint density at radius 2 is 1.29 bits per heavy atom. The number of halogens is 4. The second-order valence-corrected chi connectivity index (χ2v) is 3.36. The first-order valence-electron chi connectivity index (χ1n) is 3.20. The third-order valence-electron chi connectivity index (χ3n) is 1.49. The molecule has 0 fully saturated rings. The third kappa shape index (κ3) is 1.51. The van der Waals surface area contributed by atoms with Crippen LogP contribution in [0.15, 0.2) is 0 Å². The van der Waals surface area contributed by atoms with E-state index in [1.165, 1.54) is 6.07 Å². The number of rotatable bonds is 0. The lowest BCUT2D eigenvalue weighted by Crippen LogP contribution is -1.93. The zero-order valence-corrected chi connectivity index (χ0v) is 8.67. The zero-order valence-electron chi connectivity index (χ0n) is 6.41. The Morgan fingerprint density at radius 3 is 1.71 bits per heavy atom. The summed E-state index contributed by atoms with van der Waals surface area (Å²) in [6.07, 6.45) is 0. The summed E-state index contributed by atoms with van der Waals surface area (Å²) in [7, 11) is 0. The van der Waals surface area contributed by atoms with E-state index >= 15 is 0 Å². The lowest BCUT2D eigenvalue weighted by molar-refractivity contribution is 0.624. The van der Waals surface area contributed by atoms with Gasteiger partial charge in [0.05, 0.1) is 20.6 Å². The predicted octanol–water partition coefficient (Wildman–Crippen LogP) is 3.53. The molecule has 70 valence electrons. The van der Waals surface area contributed by atoms with Crippen molar-refractivity contribution in [1.82, 2.24) is 0 Å². The molecule has 0 heterocycles. The molecule has 0 atom stereocenters. The van der Waals surface area contributed by atoms with Crippen LogP contribution in [0, 0.1) is 28.5 Å². The fourth-order valence-electron chi connectivity index (χ4n) is 0.828. The van der Waals surface area contributed by atoms with Crippen molar-refractivity contribution in [3.05, 3.63) is 32.0 Å². The molecule has 2 nitrogen and oxygen atoms in total. The van der Waals surface area contributed by atoms with E-state index < -0.39 is 16.4 Å². The van der Waals surface area contributed by atoms with Crippen molar-refractivity contribution in [2.24, 2.45) is 0 Å². The largest absolute Gasteiger partial charge is 0.204 e. The average molecular weight is 249 g/mol. The lowest BCUT2D eigenvalue weighted by Gasteiger charge is -2.04. The molecule has 1 aromatic carbocycles. The van der Waals surface area contributed by atoms with Gasteiger partial charge in [-0.15, -0.1) is 0 Å². The van der Waals surface area contributed by atoms with Crippen LogP contribution in [0.5, 0.6) is 0 Å². The van der Waals surface area contributed by atoms with Crippen molar-refractivity contribution < 1.29 is 4.39 Å². The highest BCUT2D eigenvalue weighted by atomic mass is 35.5. The second kappa shape index (κ2) is 4.02. The molecule has 0 saturated carbocycles. The summed E-state index contributed by atoms with van der Waals surface area (Å²) in [4.78, 5) is 0. The molecule has 0 saturated heterocycles. The maximum Gasteiger partial charge on any atom is 0.162 e. The van der Waals surface area contributed by atoms with E-state index in [-0.39, 0.29) is 15.6 Å². The van der Waals surface area contributed by atoms with Gasteiger partial charge >= 0.3 is 0 Å². The van der Waals surface area contributed by atoms with Crippen LogP contribution >= 0.6 is 34.8 Å². The van der Waals surface area contributed by atoms with Gasteiger partial charge in [-0.2, -0.15) is 10.5 Å². The van der Waals surface area contributed by atoms with Gasteiger partial charge in [0, 0.05) is 0 Å². The number of nitriles is 2. The Balaban J connectivity index is 3.77. The van der Waals surface area contributed by atoms with Crippen LogP contribution in [0.2, 0.25) is 15.1 Å². The fourth-order valence-corrected chi connectivity index (χ4v) is 1.56. The van der Waals surface area contributed by atoms with Crippen LogP contribution < -0.4 is 0 Å². The molecule has 0 N–H and O–H groups in total. The smallest absolute Gasteiger partial charge is 0.162 e. The zero-order chi connectivity index (χ0) is 10.9. The summed E-state index contributed by atoms with van der Waals surface area (Å²) in [5, 5.41) is 16.1. The SMILES string of the molecule is N#Cc1c(F)c(Cl)c(C#N)c(Cl)c1Cl. The van der Waals surface area contributed by atoms with Gasteiger partial charge in [-0.25, -0.2) is 4.39 Å². The quantitative estimate of drug-likeness (QED) is 0.660. The van der Waals surface area contributed by atoms with Gasteiger partial charge in [-0.1, -0.05) is 34.8 Å². The molecule has 0 aromatic heterocycles. The van der Waals surface area contributed by atoms with Gasteiger partial charge in [0.2, 0.25) is 0 Å². The second-order valence-electron chi connectivity index (χ2n) is 2.23. The Labute approximate surface area is 94.0 Å². The van der Waals surface area contributed by atoms with Gasteiger partial charge in [0.15, 0.2) is 5.82 Å². The molecule has 0 bridgehead atoms. The Hall–Kier alpha value is -1.00. The van der Waals surface area contributed by atoms with Crippen LogP contribution in [0.4, 0.5) is 4.39 Å². The highest BCUT2D eigenvalue weighted by molar-refractivity contribution is 6.45. The van der Waals surface area contributed by atoms with E-state index in [0.29, 0.717) is 0 Å². The first-order chi connectivity index (χ1) is 6.54. The molecule has 1 aromatic rings. The van der Waals surface area contributed by atoms with Crippen LogP contribution in [0.1, 0.15) is 11.1 Å². The van der Waals surface area contributed by atoms with Gasteiger partial charge in [-0.3, -0.25) is 0 Å². The number of nitrogens with zero attached hydrogens (tertiary/aromatic N) is 2. The van der Waals surface area contributed by atoms with Crippen molar-refractivity contribution >= 4 is 34.8 Å². The van der Waals surface area contributed by atoms with Gasteiger partial charge < -0.3 is 0 Å². The molecular weight excluding hydrogens is 249 g/mol. The average Bonchev–Trinajstić information content (AvgIpc) is 2.17. The van der Waals surface area contributed by atoms with Gasteiger partial charge in [0.25, 0.3) is 0 Å². The molecule has 0 spiro atoms. The Bertz CT molecular complexity index is 411. The minimum Gasteiger partial charge on any atom is -0.204 e. The molecule has 0 aliphatic rings. The van der Waals surface area contributed by atoms with Crippen LogP contribution in [0.25, 0.3) is 0 Å². The summed E-state index contributed by atoms with van der Waals surface area (Å²) in [6, 6.07) is 3.11. The first-order valence-corrected chi connectivity index (χ1v) is 4.34. The molecule has 1 rings (SSSR count). The molecule has 0 aliphatic carbocycles. The summed E-state index contributed by atoms with van der Waals surface area (Å²) in [5.41, 5.74) is -0.726. The van der Waals surface area contributed by atoms with E-state index in [1.54, 1.807) is 6.07 Å². The van der Waals surface area contributed by atoms with E-state index in [2.05, 4.69) is 0 Å². The van der Waals surface area contributed by atoms with Crippen molar-refractivity contribution in [1.29, 1.82) is 10.5 Å². The predicted molar refractivity (Wildman–Crippen MR) is 50.9 cm³/mol. The summed E-state index contributed by atoms with van der Waals surface area (Å²) < 4.78 is 13.2. The molecule has 0 aliphatic heterocycles. The molecule has 0 amide bonds. The molecule has 14 heavy (non-hydrogen) atoms. The van der Waals surface area contributed by atoms with E-state index in [0.717, 1.165) is 0 Å². The van der Waals surface area contributed by atoms with Gasteiger partial charge in [-0.05, 0) is 0 Å². The normalized spacial score (nSPS) is 9.29. The van der Waals surface area contributed by atoms with E-state index in [1.807, 2.05) is 0 Å². The molecule has 0 unspecified atom stereocenters. The molecule has 0 radical (unpaired) electrons. The molecule has 6 heteroatoms. The summed E-state index contributed by atoms with van der Waals surface area (Å²) >= 11 is 16.6. The number of hydrogen-bond acceptors (Lipinski definition) is 2. The molecular formula is C8Cl3FN2. The van der Waals surface area contributed by atoms with Crippen LogP contribution in [-0.2, 0) is 0 Å². The van der Waals surface area contributed by atoms with E-state index in [4.69, 9.17) is 45.3 Å². The number of hydrogen-bond donors (Lipinski definition) is 0. The minimum atomic E-state index is -1.03. The number of benzene rings is 1. The minimum absolute atomic E-state index is 0.211. The van der Waals surface area contributed by atoms with Crippen molar-refractivity contribution in [2.45, 2.75) is 0 Å². The van der Waals surface area contributed by atoms with Crippen molar-refractivity contribution in [3.8, 4) is 12.1 Å². The topological polar surface area (TPSA) is 47.6 Å². The summed E-state index contributed by atoms with van der Waals surface area (Å²) in [6.45, 7) is 0. The Morgan fingerprint density at radius 1 is 0.857 bits per heavy atom.